The van der Waals surface area contributed by atoms with Crippen LogP contribution in [0, 0.1) is 6.92 Å². The van der Waals surface area contributed by atoms with E-state index in [1.54, 1.807) is 0 Å². The van der Waals surface area contributed by atoms with Gasteiger partial charge < -0.3 is 5.73 Å². The van der Waals surface area contributed by atoms with E-state index in [0.29, 0.717) is 6.07 Å². The number of nitrogen functional groups attached to an aromatic ring is 1. The second-order valence-electron chi connectivity index (χ2n) is 3.88. The molecule has 0 radical (unpaired) electrons. The maximum Gasteiger partial charge on any atom is 0.444 e. The third-order valence-electron chi connectivity index (χ3n) is 2.44. The lowest BCUT2D eigenvalue weighted by Crippen LogP contribution is -2.56. The van der Waals surface area contributed by atoms with Crippen LogP contribution in [0.4, 0.5) is 36.4 Å². The molecule has 0 saturated carbocycles. The second-order valence-corrected chi connectivity index (χ2v) is 5.45. The smallest absolute Gasteiger partial charge is 0.399 e. The van der Waals surface area contributed by atoms with E-state index in [0.717, 1.165) is 12.1 Å². The van der Waals surface area contributed by atoms with Crippen molar-refractivity contribution in [3.8, 4) is 0 Å². The molecule has 1 unspecified atom stereocenters. The van der Waals surface area contributed by atoms with Crippen LogP contribution in [0.2, 0.25) is 0 Å². The molecule has 2 nitrogen and oxygen atoms in total. The number of hydrogen-bond donors (Lipinski definition) is 1. The highest BCUT2D eigenvalue weighted by molar-refractivity contribution is 7.86. The summed E-state index contributed by atoms with van der Waals surface area (Å²) in [5.74, 6) is 0. The summed E-state index contributed by atoms with van der Waals surface area (Å²) in [7, 11) is -4.02. The fourth-order valence-corrected chi connectivity index (χ4v) is 2.52. The minimum atomic E-state index is -6.37. The molecule has 10 heteroatoms. The molecule has 0 aromatic heterocycles. The Balaban J connectivity index is 3.43. The molecule has 114 valence electrons. The average Bonchev–Trinajstić information content (AvgIpc) is 2.27. The van der Waals surface area contributed by atoms with Crippen LogP contribution in [0.5, 0.6) is 0 Å². The molecule has 1 aromatic carbocycles. The van der Waals surface area contributed by atoms with Gasteiger partial charge in [-0.2, -0.15) is 26.3 Å². The highest BCUT2D eigenvalue weighted by Gasteiger charge is 2.77. The topological polar surface area (TPSA) is 43.1 Å². The molecule has 0 aliphatic carbocycles. The lowest BCUT2D eigenvalue weighted by molar-refractivity contribution is -0.304. The first-order valence-corrected chi connectivity index (χ1v) is 6.07. The van der Waals surface area contributed by atoms with Crippen molar-refractivity contribution < 1.29 is 34.9 Å². The summed E-state index contributed by atoms with van der Waals surface area (Å²) in [6.45, 7) is 1.27. The standard InChI is InChI=1S/C10H8F7NOS/c1-5-4-6(2-3-7(5)18)20(19)8(11,9(12,13)14)10(15,16)17/h2-4H,18H2,1H3. The number of rotatable bonds is 2. The Morgan fingerprint density at radius 3 is 1.80 bits per heavy atom. The molecule has 0 aliphatic rings. The Morgan fingerprint density at radius 1 is 1.00 bits per heavy atom. The van der Waals surface area contributed by atoms with Gasteiger partial charge in [-0.25, -0.2) is 4.39 Å². The van der Waals surface area contributed by atoms with Gasteiger partial charge in [0.05, 0.1) is 0 Å². The summed E-state index contributed by atoms with van der Waals surface area (Å²) in [6.07, 6.45) is -12.7. The van der Waals surface area contributed by atoms with Crippen LogP contribution in [0.1, 0.15) is 5.56 Å². The number of hydrogen-bond acceptors (Lipinski definition) is 2. The largest absolute Gasteiger partial charge is 0.444 e. The number of aryl methyl sites for hydroxylation is 1. The molecule has 1 aromatic rings. The minimum Gasteiger partial charge on any atom is -0.399 e. The quantitative estimate of drug-likeness (QED) is 0.669. The Kier molecular flexibility index (Phi) is 4.10. The van der Waals surface area contributed by atoms with Gasteiger partial charge in [0.2, 0.25) is 0 Å². The normalized spacial score (nSPS) is 15.2. The van der Waals surface area contributed by atoms with Crippen molar-refractivity contribution in [1.29, 1.82) is 0 Å². The van der Waals surface area contributed by atoms with Gasteiger partial charge in [0.15, 0.2) is 0 Å². The van der Waals surface area contributed by atoms with Crippen LogP contribution >= 0.6 is 0 Å². The molecule has 1 rings (SSSR count). The summed E-state index contributed by atoms with van der Waals surface area (Å²) in [6, 6.07) is 2.33. The van der Waals surface area contributed by atoms with E-state index in [1.807, 2.05) is 0 Å². The van der Waals surface area contributed by atoms with E-state index in [9.17, 15) is 34.9 Å². The summed E-state index contributed by atoms with van der Waals surface area (Å²) >= 11 is 0. The van der Waals surface area contributed by atoms with Crippen molar-refractivity contribution in [1.82, 2.24) is 0 Å². The first-order chi connectivity index (χ1) is 8.82. The van der Waals surface area contributed by atoms with E-state index in [1.165, 1.54) is 6.92 Å². The van der Waals surface area contributed by atoms with Crippen molar-refractivity contribution in [2.24, 2.45) is 0 Å². The molecule has 0 spiro atoms. The Labute approximate surface area is 111 Å². The van der Waals surface area contributed by atoms with Crippen molar-refractivity contribution in [3.05, 3.63) is 23.8 Å². The zero-order valence-corrected chi connectivity index (χ0v) is 10.6. The monoisotopic (exact) mass is 323 g/mol. The van der Waals surface area contributed by atoms with E-state index >= 15 is 0 Å². The van der Waals surface area contributed by atoms with E-state index in [4.69, 9.17) is 5.73 Å². The number of benzene rings is 1. The first kappa shape index (κ1) is 16.7. The molecule has 0 saturated heterocycles. The zero-order chi connectivity index (χ0) is 15.9. The van der Waals surface area contributed by atoms with E-state index in [-0.39, 0.29) is 11.3 Å². The van der Waals surface area contributed by atoms with Crippen LogP contribution in [0.3, 0.4) is 0 Å². The Hall–Kier alpha value is -1.32. The van der Waals surface area contributed by atoms with Crippen molar-refractivity contribution in [3.63, 3.8) is 0 Å². The molecule has 1 atom stereocenters. The number of anilines is 1. The van der Waals surface area contributed by atoms with Crippen molar-refractivity contribution in [2.45, 2.75) is 29.2 Å². The van der Waals surface area contributed by atoms with E-state index in [2.05, 4.69) is 0 Å². The van der Waals surface area contributed by atoms with Crippen LogP contribution < -0.4 is 5.73 Å². The molecule has 0 bridgehead atoms. The number of alkyl halides is 7. The molecule has 0 aliphatic heterocycles. The summed E-state index contributed by atoms with van der Waals surface area (Å²) in [4.78, 5) is -0.950. The lowest BCUT2D eigenvalue weighted by Gasteiger charge is -2.29. The molecule has 2 N–H and O–H groups in total. The fraction of sp³-hybridized carbons (Fsp3) is 0.400. The lowest BCUT2D eigenvalue weighted by atomic mass is 10.2. The van der Waals surface area contributed by atoms with Crippen LogP contribution in [-0.4, -0.2) is 21.6 Å². The van der Waals surface area contributed by atoms with Crippen LogP contribution in [-0.2, 0) is 10.8 Å². The molecular formula is C10H8F7NOS. The SMILES string of the molecule is Cc1cc(S(=O)C(F)(C(F)(F)F)C(F)(F)F)ccc1N. The summed E-state index contributed by atoms with van der Waals surface area (Å²) < 4.78 is 99.4. The maximum absolute atomic E-state index is 13.5. The number of halogens is 7. The summed E-state index contributed by atoms with van der Waals surface area (Å²) in [5.41, 5.74) is 5.48. The summed E-state index contributed by atoms with van der Waals surface area (Å²) in [5, 5.41) is -5.84. The van der Waals surface area contributed by atoms with Gasteiger partial charge >= 0.3 is 17.4 Å². The third-order valence-corrected chi connectivity index (χ3v) is 4.10. The first-order valence-electron chi connectivity index (χ1n) is 4.92. The zero-order valence-electron chi connectivity index (χ0n) is 9.77. The van der Waals surface area contributed by atoms with Gasteiger partial charge in [-0.1, -0.05) is 0 Å². The molecule has 0 amide bonds. The van der Waals surface area contributed by atoms with Crippen LogP contribution in [0.25, 0.3) is 0 Å². The molecule has 0 fully saturated rings. The Bertz CT molecular complexity index is 523. The average molecular weight is 323 g/mol. The third kappa shape index (κ3) is 2.60. The second kappa shape index (κ2) is 4.90. The van der Waals surface area contributed by atoms with Gasteiger partial charge in [-0.3, -0.25) is 4.21 Å². The predicted octanol–water partition coefficient (Wildman–Crippen LogP) is 3.48. The molecule has 0 heterocycles. The predicted molar refractivity (Wildman–Crippen MR) is 57.9 cm³/mol. The minimum absolute atomic E-state index is 0.0641. The van der Waals surface area contributed by atoms with Gasteiger partial charge in [0, 0.05) is 10.6 Å². The van der Waals surface area contributed by atoms with Gasteiger partial charge in [-0.15, -0.1) is 0 Å². The molecular weight excluding hydrogens is 315 g/mol. The highest BCUT2D eigenvalue weighted by atomic mass is 32.2. The number of nitrogens with two attached hydrogens (primary N) is 1. The van der Waals surface area contributed by atoms with Crippen LogP contribution in [0.15, 0.2) is 23.1 Å². The maximum atomic E-state index is 13.5. The fourth-order valence-electron chi connectivity index (χ4n) is 1.30. The van der Waals surface area contributed by atoms with E-state index < -0.39 is 33.0 Å². The van der Waals surface area contributed by atoms with Gasteiger partial charge in [-0.05, 0) is 30.7 Å². The van der Waals surface area contributed by atoms with Gasteiger partial charge in [0.25, 0.3) is 0 Å². The van der Waals surface area contributed by atoms with Crippen molar-refractivity contribution in [2.75, 3.05) is 5.73 Å². The highest BCUT2D eigenvalue weighted by Crippen LogP contribution is 2.50. The Morgan fingerprint density at radius 2 is 1.45 bits per heavy atom. The van der Waals surface area contributed by atoms with Gasteiger partial charge in [0.1, 0.15) is 10.8 Å². The van der Waals surface area contributed by atoms with Crippen molar-refractivity contribution >= 4 is 16.5 Å². The molecule has 20 heavy (non-hydrogen) atoms.